The molecule has 0 unspecified atom stereocenters. The molecule has 0 atom stereocenters. The van der Waals surface area contributed by atoms with Crippen LogP contribution in [0.1, 0.15) is 25.7 Å². The van der Waals surface area contributed by atoms with Gasteiger partial charge < -0.3 is 15.1 Å². The van der Waals surface area contributed by atoms with Gasteiger partial charge in [-0.05, 0) is 50.8 Å². The maximum absolute atomic E-state index is 5.55. The van der Waals surface area contributed by atoms with Gasteiger partial charge in [-0.3, -0.25) is 0 Å². The second-order valence-electron chi connectivity index (χ2n) is 5.53. The molecule has 1 aliphatic rings. The third kappa shape index (κ3) is 2.76. The molecule has 1 heterocycles. The van der Waals surface area contributed by atoms with Crippen molar-refractivity contribution in [3.63, 3.8) is 0 Å². The first-order chi connectivity index (χ1) is 9.36. The molecule has 1 fully saturated rings. The van der Waals surface area contributed by atoms with Crippen LogP contribution >= 0.6 is 0 Å². The van der Waals surface area contributed by atoms with Gasteiger partial charge in [0.25, 0.3) is 0 Å². The van der Waals surface area contributed by atoms with Crippen molar-refractivity contribution >= 4 is 16.7 Å². The third-order valence-corrected chi connectivity index (χ3v) is 4.32. The topological polar surface area (TPSA) is 37.2 Å². The van der Waals surface area contributed by atoms with Gasteiger partial charge in [0.15, 0.2) is 0 Å². The zero-order chi connectivity index (χ0) is 13.1. The number of fused-ring (bicyclic) bond motifs is 1. The van der Waals surface area contributed by atoms with Crippen LogP contribution in [0.25, 0.3) is 11.0 Å². The molecule has 1 aromatic carbocycles. The van der Waals surface area contributed by atoms with Crippen LogP contribution in [0, 0.1) is 5.92 Å². The largest absolute Gasteiger partial charge is 0.462 e. The minimum atomic E-state index is 0.728. The van der Waals surface area contributed by atoms with E-state index in [2.05, 4.69) is 29.8 Å². The molecular weight excluding hydrogens is 236 g/mol. The Balaban J connectivity index is 1.58. The van der Waals surface area contributed by atoms with Gasteiger partial charge in [-0.1, -0.05) is 12.1 Å². The summed E-state index contributed by atoms with van der Waals surface area (Å²) in [4.78, 5) is 0. The first kappa shape index (κ1) is 12.5. The molecule has 0 amide bonds. The number of anilines is 1. The summed E-state index contributed by atoms with van der Waals surface area (Å²) < 4.78 is 5.55. The van der Waals surface area contributed by atoms with E-state index in [1.165, 1.54) is 31.1 Å². The van der Waals surface area contributed by atoms with Crippen LogP contribution in [-0.2, 0) is 0 Å². The van der Waals surface area contributed by atoms with E-state index in [1.807, 2.05) is 18.4 Å². The van der Waals surface area contributed by atoms with Gasteiger partial charge in [0.1, 0.15) is 11.8 Å². The zero-order valence-corrected chi connectivity index (χ0v) is 11.5. The molecule has 1 aromatic heterocycles. The molecule has 2 N–H and O–H groups in total. The maximum Gasteiger partial charge on any atom is 0.136 e. The predicted molar refractivity (Wildman–Crippen MR) is 79.5 cm³/mol. The third-order valence-electron chi connectivity index (χ3n) is 4.32. The Morgan fingerprint density at radius 1 is 1.16 bits per heavy atom. The lowest BCUT2D eigenvalue weighted by Gasteiger charge is -2.28. The van der Waals surface area contributed by atoms with Gasteiger partial charge in [-0.2, -0.15) is 0 Å². The quantitative estimate of drug-likeness (QED) is 0.879. The fourth-order valence-electron chi connectivity index (χ4n) is 3.02. The van der Waals surface area contributed by atoms with Gasteiger partial charge in [0.05, 0.1) is 5.69 Å². The number of rotatable bonds is 4. The highest BCUT2D eigenvalue weighted by Gasteiger charge is 2.19. The van der Waals surface area contributed by atoms with E-state index in [1.54, 1.807) is 0 Å². The number of nitrogens with one attached hydrogen (secondary N) is 2. The molecule has 3 rings (SSSR count). The van der Waals surface area contributed by atoms with Crippen LogP contribution < -0.4 is 10.6 Å². The predicted octanol–water partition coefficient (Wildman–Crippen LogP) is 3.62. The molecule has 3 nitrogen and oxygen atoms in total. The molecule has 0 bridgehead atoms. The minimum absolute atomic E-state index is 0.728. The Morgan fingerprint density at radius 2 is 1.95 bits per heavy atom. The summed E-state index contributed by atoms with van der Waals surface area (Å²) >= 11 is 0. The van der Waals surface area contributed by atoms with Crippen LogP contribution in [0.5, 0.6) is 0 Å². The summed E-state index contributed by atoms with van der Waals surface area (Å²) in [7, 11) is 2.07. The Hall–Kier alpha value is -1.48. The lowest BCUT2D eigenvalue weighted by Crippen LogP contribution is -2.32. The number of benzene rings is 1. The molecule has 0 aliphatic heterocycles. The molecule has 0 spiro atoms. The van der Waals surface area contributed by atoms with E-state index in [4.69, 9.17) is 4.42 Å². The van der Waals surface area contributed by atoms with Crippen LogP contribution in [0.4, 0.5) is 5.69 Å². The second-order valence-corrected chi connectivity index (χ2v) is 5.53. The molecule has 0 radical (unpaired) electrons. The fraction of sp³-hybridized carbons (Fsp3) is 0.500. The molecule has 1 saturated carbocycles. The van der Waals surface area contributed by atoms with Crippen molar-refractivity contribution in [1.29, 1.82) is 0 Å². The van der Waals surface area contributed by atoms with Crippen molar-refractivity contribution in [1.82, 2.24) is 5.32 Å². The molecule has 3 heteroatoms. The van der Waals surface area contributed by atoms with Crippen LogP contribution in [0.15, 0.2) is 34.9 Å². The van der Waals surface area contributed by atoms with Gasteiger partial charge in [-0.25, -0.2) is 0 Å². The highest BCUT2D eigenvalue weighted by atomic mass is 16.3. The number of hydrogen-bond acceptors (Lipinski definition) is 3. The lowest BCUT2D eigenvalue weighted by molar-refractivity contribution is 0.312. The average molecular weight is 258 g/mol. The van der Waals surface area contributed by atoms with Gasteiger partial charge in [0.2, 0.25) is 0 Å². The molecule has 19 heavy (non-hydrogen) atoms. The van der Waals surface area contributed by atoms with E-state index in [0.29, 0.717) is 0 Å². The van der Waals surface area contributed by atoms with Gasteiger partial charge >= 0.3 is 0 Å². The smallest absolute Gasteiger partial charge is 0.136 e. The maximum atomic E-state index is 5.55. The van der Waals surface area contributed by atoms with Crippen molar-refractivity contribution < 1.29 is 4.42 Å². The van der Waals surface area contributed by atoms with E-state index in [9.17, 15) is 0 Å². The Bertz CT molecular complexity index is 526. The van der Waals surface area contributed by atoms with Crippen molar-refractivity contribution in [3.8, 4) is 0 Å². The molecule has 102 valence electrons. The lowest BCUT2D eigenvalue weighted by atomic mass is 9.86. The number of para-hydroxylation sites is 1. The van der Waals surface area contributed by atoms with E-state index in [0.717, 1.165) is 29.8 Å². The van der Waals surface area contributed by atoms with Crippen molar-refractivity contribution in [3.05, 3.63) is 30.5 Å². The molecular formula is C16H22N2O. The highest BCUT2D eigenvalue weighted by molar-refractivity contribution is 5.90. The van der Waals surface area contributed by atoms with Crippen LogP contribution in [0.3, 0.4) is 0 Å². The Kier molecular flexibility index (Phi) is 3.74. The summed E-state index contributed by atoms with van der Waals surface area (Å²) in [6.07, 6.45) is 7.07. The second kappa shape index (κ2) is 5.66. The summed E-state index contributed by atoms with van der Waals surface area (Å²) in [6, 6.07) is 8.92. The molecule has 0 saturated heterocycles. The van der Waals surface area contributed by atoms with Crippen LogP contribution in [-0.4, -0.2) is 19.6 Å². The number of hydrogen-bond donors (Lipinski definition) is 2. The summed E-state index contributed by atoms with van der Waals surface area (Å²) in [5.41, 5.74) is 2.09. The molecule has 1 aliphatic carbocycles. The molecule has 2 aromatic rings. The minimum Gasteiger partial charge on any atom is -0.462 e. The monoisotopic (exact) mass is 258 g/mol. The summed E-state index contributed by atoms with van der Waals surface area (Å²) in [6.45, 7) is 1.06. The summed E-state index contributed by atoms with van der Waals surface area (Å²) in [5, 5.41) is 8.13. The van der Waals surface area contributed by atoms with E-state index in [-0.39, 0.29) is 0 Å². The average Bonchev–Trinajstić information content (AvgIpc) is 2.89. The van der Waals surface area contributed by atoms with Crippen molar-refractivity contribution in [2.24, 2.45) is 5.92 Å². The van der Waals surface area contributed by atoms with Crippen molar-refractivity contribution in [2.45, 2.75) is 31.7 Å². The van der Waals surface area contributed by atoms with Crippen LogP contribution in [0.2, 0.25) is 0 Å². The van der Waals surface area contributed by atoms with Crippen molar-refractivity contribution in [2.75, 3.05) is 18.9 Å². The highest BCUT2D eigenvalue weighted by Crippen LogP contribution is 2.28. The Morgan fingerprint density at radius 3 is 2.74 bits per heavy atom. The van der Waals surface area contributed by atoms with Gasteiger partial charge in [0, 0.05) is 18.0 Å². The first-order valence-corrected chi connectivity index (χ1v) is 7.24. The zero-order valence-electron chi connectivity index (χ0n) is 11.5. The number of furan rings is 1. The standard InChI is InChI=1S/C16H22N2O/c1-17-13-8-6-12(7-9-13)10-18-15-11-19-16-5-3-2-4-14(15)16/h2-5,11-13,17-18H,6-10H2,1H3. The van der Waals surface area contributed by atoms with E-state index < -0.39 is 0 Å². The fourth-order valence-corrected chi connectivity index (χ4v) is 3.02. The normalized spacial score (nSPS) is 23.6. The SMILES string of the molecule is CNC1CCC(CNc2coc3ccccc23)CC1. The summed E-state index contributed by atoms with van der Waals surface area (Å²) in [5.74, 6) is 0.790. The Labute approximate surface area is 114 Å². The van der Waals surface area contributed by atoms with E-state index >= 15 is 0 Å². The van der Waals surface area contributed by atoms with Gasteiger partial charge in [-0.15, -0.1) is 0 Å². The first-order valence-electron chi connectivity index (χ1n) is 7.24.